The third-order valence-corrected chi connectivity index (χ3v) is 4.09. The smallest absolute Gasteiger partial charge is 0.249 e. The molecular weight excluding hydrogens is 258 g/mol. The highest BCUT2D eigenvalue weighted by Gasteiger charge is 2.24. The van der Waals surface area contributed by atoms with Crippen molar-refractivity contribution in [3.8, 4) is 0 Å². The molecule has 2 fully saturated rings. The van der Waals surface area contributed by atoms with Crippen LogP contribution >= 0.6 is 0 Å². The number of carbonyl (C=O) groups is 1. The molecule has 0 aromatic carbocycles. The Morgan fingerprint density at radius 1 is 1.20 bits per heavy atom. The number of aromatic nitrogens is 2. The second kappa shape index (κ2) is 6.35. The summed E-state index contributed by atoms with van der Waals surface area (Å²) >= 11 is 0. The van der Waals surface area contributed by atoms with Crippen molar-refractivity contribution in [2.24, 2.45) is 0 Å². The van der Waals surface area contributed by atoms with Gasteiger partial charge in [0, 0.05) is 12.5 Å². The largest absolute Gasteiger partial charge is 0.368 e. The number of nitrogens with zero attached hydrogens (tertiary/aromatic N) is 2. The minimum atomic E-state index is -0.310. The summed E-state index contributed by atoms with van der Waals surface area (Å²) < 4.78 is 10.5. The first kappa shape index (κ1) is 13.5. The van der Waals surface area contributed by atoms with Gasteiger partial charge in [0.25, 0.3) is 0 Å². The van der Waals surface area contributed by atoms with Gasteiger partial charge in [-0.05, 0) is 25.7 Å². The van der Waals surface area contributed by atoms with Gasteiger partial charge in [-0.15, -0.1) is 0 Å². The molecule has 1 aromatic heterocycles. The van der Waals surface area contributed by atoms with Gasteiger partial charge < -0.3 is 14.6 Å². The van der Waals surface area contributed by atoms with Crippen molar-refractivity contribution in [2.75, 3.05) is 6.61 Å². The Bertz CT molecular complexity index is 448. The molecule has 1 aliphatic heterocycles. The van der Waals surface area contributed by atoms with Crippen LogP contribution in [-0.2, 0) is 16.1 Å². The Balaban J connectivity index is 1.50. The SMILES string of the molecule is O=C(NCc1nc(C2CCCCC2)no1)[C@@H]1CCCO1. The molecule has 2 heterocycles. The molecule has 6 nitrogen and oxygen atoms in total. The van der Waals surface area contributed by atoms with Crippen LogP contribution in [0, 0.1) is 0 Å². The summed E-state index contributed by atoms with van der Waals surface area (Å²) in [5.41, 5.74) is 0. The molecular formula is C14H21N3O3. The van der Waals surface area contributed by atoms with Crippen molar-refractivity contribution in [1.82, 2.24) is 15.5 Å². The van der Waals surface area contributed by atoms with Gasteiger partial charge in [0.2, 0.25) is 11.8 Å². The van der Waals surface area contributed by atoms with Crippen LogP contribution in [-0.4, -0.2) is 28.8 Å². The summed E-state index contributed by atoms with van der Waals surface area (Å²) in [5.74, 6) is 1.62. The van der Waals surface area contributed by atoms with Gasteiger partial charge >= 0.3 is 0 Å². The maximum atomic E-state index is 11.8. The number of rotatable bonds is 4. The summed E-state index contributed by atoms with van der Waals surface area (Å²) in [6.45, 7) is 0.961. The van der Waals surface area contributed by atoms with E-state index in [1.54, 1.807) is 0 Å². The quantitative estimate of drug-likeness (QED) is 0.911. The molecule has 110 valence electrons. The fourth-order valence-electron chi connectivity index (χ4n) is 2.93. The Morgan fingerprint density at radius 3 is 2.80 bits per heavy atom. The average Bonchev–Trinajstić information content (AvgIpc) is 3.17. The van der Waals surface area contributed by atoms with Crippen LogP contribution in [0.4, 0.5) is 0 Å². The van der Waals surface area contributed by atoms with Crippen molar-refractivity contribution in [3.05, 3.63) is 11.7 Å². The van der Waals surface area contributed by atoms with E-state index in [2.05, 4.69) is 15.5 Å². The number of ether oxygens (including phenoxy) is 1. The molecule has 1 aliphatic carbocycles. The summed E-state index contributed by atoms with van der Waals surface area (Å²) in [7, 11) is 0. The molecule has 1 aromatic rings. The highest BCUT2D eigenvalue weighted by Crippen LogP contribution is 2.30. The lowest BCUT2D eigenvalue weighted by molar-refractivity contribution is -0.130. The van der Waals surface area contributed by atoms with Crippen molar-refractivity contribution >= 4 is 5.91 Å². The summed E-state index contributed by atoms with van der Waals surface area (Å²) in [4.78, 5) is 16.2. The van der Waals surface area contributed by atoms with E-state index in [1.165, 1.54) is 19.3 Å². The predicted octanol–water partition coefficient (Wildman–Crippen LogP) is 1.91. The molecule has 6 heteroatoms. The van der Waals surface area contributed by atoms with Crippen LogP contribution in [0.25, 0.3) is 0 Å². The second-order valence-electron chi connectivity index (χ2n) is 5.60. The first-order valence-corrected chi connectivity index (χ1v) is 7.55. The summed E-state index contributed by atoms with van der Waals surface area (Å²) in [6.07, 6.45) is 7.50. The van der Waals surface area contributed by atoms with E-state index in [-0.39, 0.29) is 12.0 Å². The zero-order chi connectivity index (χ0) is 13.8. The van der Waals surface area contributed by atoms with E-state index in [4.69, 9.17) is 9.26 Å². The predicted molar refractivity (Wildman–Crippen MR) is 70.9 cm³/mol. The number of nitrogens with one attached hydrogen (secondary N) is 1. The first-order valence-electron chi connectivity index (χ1n) is 7.55. The van der Waals surface area contributed by atoms with Crippen LogP contribution in [0.15, 0.2) is 4.52 Å². The van der Waals surface area contributed by atoms with Gasteiger partial charge in [-0.25, -0.2) is 0 Å². The lowest BCUT2D eigenvalue weighted by Crippen LogP contribution is -2.33. The molecule has 3 rings (SSSR count). The summed E-state index contributed by atoms with van der Waals surface area (Å²) in [5, 5.41) is 6.84. The number of amides is 1. The van der Waals surface area contributed by atoms with Crippen LogP contribution in [0.2, 0.25) is 0 Å². The lowest BCUT2D eigenvalue weighted by atomic mass is 9.89. The van der Waals surface area contributed by atoms with E-state index < -0.39 is 0 Å². The Labute approximate surface area is 118 Å². The Hall–Kier alpha value is -1.43. The van der Waals surface area contributed by atoms with Crippen LogP contribution in [0.3, 0.4) is 0 Å². The average molecular weight is 279 g/mol. The standard InChI is InChI=1S/C14H21N3O3/c18-14(11-7-4-8-19-11)15-9-12-16-13(17-20-12)10-5-2-1-3-6-10/h10-11H,1-9H2,(H,15,18)/t11-/m0/s1. The van der Waals surface area contributed by atoms with E-state index in [1.807, 2.05) is 0 Å². The van der Waals surface area contributed by atoms with Crippen LogP contribution < -0.4 is 5.32 Å². The molecule has 1 N–H and O–H groups in total. The van der Waals surface area contributed by atoms with Gasteiger partial charge in [-0.3, -0.25) is 4.79 Å². The van der Waals surface area contributed by atoms with E-state index in [9.17, 15) is 4.79 Å². The van der Waals surface area contributed by atoms with Gasteiger partial charge in [-0.1, -0.05) is 24.4 Å². The van der Waals surface area contributed by atoms with Crippen LogP contribution in [0.5, 0.6) is 0 Å². The zero-order valence-electron chi connectivity index (χ0n) is 11.6. The monoisotopic (exact) mass is 279 g/mol. The third-order valence-electron chi connectivity index (χ3n) is 4.09. The molecule has 2 aliphatic rings. The molecule has 1 saturated carbocycles. The van der Waals surface area contributed by atoms with Crippen molar-refractivity contribution in [3.63, 3.8) is 0 Å². The Morgan fingerprint density at radius 2 is 2.05 bits per heavy atom. The van der Waals surface area contributed by atoms with Gasteiger partial charge in [-0.2, -0.15) is 4.98 Å². The first-order chi connectivity index (χ1) is 9.83. The number of carbonyl (C=O) groups excluding carboxylic acids is 1. The fourth-order valence-corrected chi connectivity index (χ4v) is 2.93. The fraction of sp³-hybridized carbons (Fsp3) is 0.786. The maximum Gasteiger partial charge on any atom is 0.249 e. The van der Waals surface area contributed by atoms with Gasteiger partial charge in [0.05, 0.1) is 6.54 Å². The second-order valence-corrected chi connectivity index (χ2v) is 5.60. The Kier molecular flexibility index (Phi) is 4.30. The molecule has 1 saturated heterocycles. The maximum absolute atomic E-state index is 11.8. The molecule has 20 heavy (non-hydrogen) atoms. The van der Waals surface area contributed by atoms with E-state index >= 15 is 0 Å². The number of hydrogen-bond acceptors (Lipinski definition) is 5. The number of hydrogen-bond donors (Lipinski definition) is 1. The molecule has 0 unspecified atom stereocenters. The van der Waals surface area contributed by atoms with Crippen molar-refractivity contribution in [2.45, 2.75) is 63.5 Å². The molecule has 0 radical (unpaired) electrons. The molecule has 0 spiro atoms. The lowest BCUT2D eigenvalue weighted by Gasteiger charge is -2.17. The summed E-state index contributed by atoms with van der Waals surface area (Å²) in [6, 6.07) is 0. The topological polar surface area (TPSA) is 77.3 Å². The third kappa shape index (κ3) is 3.17. The molecule has 0 bridgehead atoms. The van der Waals surface area contributed by atoms with E-state index in [0.29, 0.717) is 25.0 Å². The van der Waals surface area contributed by atoms with Gasteiger partial charge in [0.1, 0.15) is 6.10 Å². The van der Waals surface area contributed by atoms with Gasteiger partial charge in [0.15, 0.2) is 5.82 Å². The molecule has 1 atom stereocenters. The molecule has 1 amide bonds. The van der Waals surface area contributed by atoms with E-state index in [0.717, 1.165) is 31.5 Å². The zero-order valence-corrected chi connectivity index (χ0v) is 11.6. The minimum absolute atomic E-state index is 0.0834. The van der Waals surface area contributed by atoms with Crippen molar-refractivity contribution in [1.29, 1.82) is 0 Å². The normalized spacial score (nSPS) is 23.9. The minimum Gasteiger partial charge on any atom is -0.368 e. The van der Waals surface area contributed by atoms with Crippen LogP contribution in [0.1, 0.15) is 62.6 Å². The highest BCUT2D eigenvalue weighted by molar-refractivity contribution is 5.80. The van der Waals surface area contributed by atoms with Crippen molar-refractivity contribution < 1.29 is 14.1 Å². The highest BCUT2D eigenvalue weighted by atomic mass is 16.5.